The van der Waals surface area contributed by atoms with E-state index in [1.807, 2.05) is 24.3 Å². The van der Waals surface area contributed by atoms with Crippen molar-refractivity contribution >= 4 is 23.4 Å². The van der Waals surface area contributed by atoms with Crippen molar-refractivity contribution in [1.29, 1.82) is 0 Å². The van der Waals surface area contributed by atoms with Crippen molar-refractivity contribution < 1.29 is 9.53 Å². The van der Waals surface area contributed by atoms with Crippen molar-refractivity contribution in [2.75, 3.05) is 17.2 Å². The second-order valence-electron chi connectivity index (χ2n) is 5.90. The molecule has 0 spiro atoms. The van der Waals surface area contributed by atoms with Gasteiger partial charge in [-0.1, -0.05) is 19.9 Å². The van der Waals surface area contributed by atoms with Gasteiger partial charge in [0, 0.05) is 30.6 Å². The van der Waals surface area contributed by atoms with E-state index < -0.39 is 0 Å². The normalized spacial score (nSPS) is 15.7. The standard InChI is InChI=1S/C18H19N3O2/c1-12(2)11-21-15-7-6-13(19)9-16(15)23-17(18(21)22)10-14-5-3-4-8-20-14/h3-10,12H,11,19H2,1-2H3/b17-10+. The lowest BCUT2D eigenvalue weighted by atomic mass is 10.1. The largest absolute Gasteiger partial charge is 0.449 e. The van der Waals surface area contributed by atoms with Gasteiger partial charge in [-0.3, -0.25) is 9.78 Å². The molecule has 2 N–H and O–H groups in total. The van der Waals surface area contributed by atoms with Gasteiger partial charge >= 0.3 is 0 Å². The number of aromatic nitrogens is 1. The highest BCUT2D eigenvalue weighted by atomic mass is 16.5. The van der Waals surface area contributed by atoms with Gasteiger partial charge in [-0.15, -0.1) is 0 Å². The van der Waals surface area contributed by atoms with E-state index in [0.717, 1.165) is 5.69 Å². The number of nitrogen functional groups attached to an aromatic ring is 1. The van der Waals surface area contributed by atoms with Gasteiger partial charge in [0.1, 0.15) is 0 Å². The molecule has 1 aromatic heterocycles. The Bertz CT molecular complexity index is 754. The number of nitrogens with zero attached hydrogens (tertiary/aromatic N) is 2. The van der Waals surface area contributed by atoms with Crippen LogP contribution in [0.3, 0.4) is 0 Å². The predicted octanol–water partition coefficient (Wildman–Crippen LogP) is 3.09. The van der Waals surface area contributed by atoms with E-state index in [2.05, 4.69) is 18.8 Å². The zero-order valence-corrected chi connectivity index (χ0v) is 13.2. The maximum Gasteiger partial charge on any atom is 0.294 e. The summed E-state index contributed by atoms with van der Waals surface area (Å²) in [4.78, 5) is 18.7. The van der Waals surface area contributed by atoms with E-state index in [0.29, 0.717) is 29.6 Å². The summed E-state index contributed by atoms with van der Waals surface area (Å²) in [5.74, 6) is 1.01. The topological polar surface area (TPSA) is 68.5 Å². The third-order valence-electron chi connectivity index (χ3n) is 3.46. The fourth-order valence-electron chi connectivity index (χ4n) is 2.47. The molecule has 23 heavy (non-hydrogen) atoms. The molecule has 0 saturated heterocycles. The van der Waals surface area contributed by atoms with Crippen LogP contribution >= 0.6 is 0 Å². The van der Waals surface area contributed by atoms with E-state index in [4.69, 9.17) is 10.5 Å². The highest BCUT2D eigenvalue weighted by Crippen LogP contribution is 2.37. The molecule has 0 radical (unpaired) electrons. The first-order chi connectivity index (χ1) is 11.0. The number of ether oxygens (including phenoxy) is 1. The summed E-state index contributed by atoms with van der Waals surface area (Å²) in [6, 6.07) is 10.8. The predicted molar refractivity (Wildman–Crippen MR) is 90.9 cm³/mol. The van der Waals surface area contributed by atoms with Crippen LogP contribution in [-0.4, -0.2) is 17.4 Å². The summed E-state index contributed by atoms with van der Waals surface area (Å²) in [6.07, 6.45) is 3.33. The second kappa shape index (κ2) is 6.12. The number of carbonyl (C=O) groups excluding carboxylic acids is 1. The molecule has 1 amide bonds. The van der Waals surface area contributed by atoms with Crippen molar-refractivity contribution in [1.82, 2.24) is 4.98 Å². The summed E-state index contributed by atoms with van der Waals surface area (Å²) < 4.78 is 5.79. The van der Waals surface area contributed by atoms with E-state index >= 15 is 0 Å². The molecular weight excluding hydrogens is 290 g/mol. The van der Waals surface area contributed by atoms with Gasteiger partial charge < -0.3 is 15.4 Å². The van der Waals surface area contributed by atoms with Crippen LogP contribution < -0.4 is 15.4 Å². The molecule has 0 bridgehead atoms. The zero-order valence-electron chi connectivity index (χ0n) is 13.2. The zero-order chi connectivity index (χ0) is 16.4. The Morgan fingerprint density at radius 2 is 2.13 bits per heavy atom. The number of hydrogen-bond donors (Lipinski definition) is 1. The number of rotatable bonds is 3. The molecular formula is C18H19N3O2. The number of anilines is 2. The summed E-state index contributed by atoms with van der Waals surface area (Å²) in [5.41, 5.74) is 7.86. The minimum atomic E-state index is -0.165. The Labute approximate surface area is 135 Å². The number of carbonyl (C=O) groups is 1. The van der Waals surface area contributed by atoms with Gasteiger partial charge in [0.05, 0.1) is 11.4 Å². The van der Waals surface area contributed by atoms with Crippen LogP contribution in [0.2, 0.25) is 0 Å². The van der Waals surface area contributed by atoms with Crippen molar-refractivity contribution in [3.8, 4) is 5.75 Å². The summed E-state index contributed by atoms with van der Waals surface area (Å²) in [7, 11) is 0. The third-order valence-corrected chi connectivity index (χ3v) is 3.46. The van der Waals surface area contributed by atoms with Gasteiger partial charge in [-0.05, 0) is 30.2 Å². The molecule has 118 valence electrons. The fourth-order valence-corrected chi connectivity index (χ4v) is 2.47. The van der Waals surface area contributed by atoms with Crippen LogP contribution in [-0.2, 0) is 4.79 Å². The number of amides is 1. The van der Waals surface area contributed by atoms with Crippen molar-refractivity contribution in [3.05, 3.63) is 54.0 Å². The Morgan fingerprint density at radius 3 is 2.83 bits per heavy atom. The molecule has 0 aliphatic carbocycles. The summed E-state index contributed by atoms with van der Waals surface area (Å²) >= 11 is 0. The van der Waals surface area contributed by atoms with E-state index in [9.17, 15) is 4.79 Å². The average Bonchev–Trinajstić information content (AvgIpc) is 2.52. The Balaban J connectivity index is 2.04. The van der Waals surface area contributed by atoms with E-state index in [-0.39, 0.29) is 11.7 Å². The van der Waals surface area contributed by atoms with Gasteiger partial charge in [0.2, 0.25) is 0 Å². The summed E-state index contributed by atoms with van der Waals surface area (Å²) in [5, 5.41) is 0. The lowest BCUT2D eigenvalue weighted by Crippen LogP contribution is -2.39. The second-order valence-corrected chi connectivity index (χ2v) is 5.90. The minimum absolute atomic E-state index is 0.165. The maximum absolute atomic E-state index is 12.8. The van der Waals surface area contributed by atoms with Crippen LogP contribution in [0, 0.1) is 5.92 Å². The number of hydrogen-bond acceptors (Lipinski definition) is 4. The lowest BCUT2D eigenvalue weighted by molar-refractivity contribution is -0.117. The maximum atomic E-state index is 12.8. The first-order valence-corrected chi connectivity index (χ1v) is 7.56. The van der Waals surface area contributed by atoms with Gasteiger partial charge in [0.15, 0.2) is 11.5 Å². The van der Waals surface area contributed by atoms with Crippen LogP contribution in [0.25, 0.3) is 6.08 Å². The van der Waals surface area contributed by atoms with Gasteiger partial charge in [0.25, 0.3) is 5.91 Å². The quantitative estimate of drug-likeness (QED) is 0.699. The SMILES string of the molecule is CC(C)CN1C(=O)/C(=C\c2ccccn2)Oc2cc(N)ccc21. The molecule has 0 unspecified atom stereocenters. The molecule has 2 heterocycles. The lowest BCUT2D eigenvalue weighted by Gasteiger charge is -2.31. The minimum Gasteiger partial charge on any atom is -0.449 e. The van der Waals surface area contributed by atoms with Crippen molar-refractivity contribution in [2.24, 2.45) is 5.92 Å². The Kier molecular flexibility index (Phi) is 4.02. The Hall–Kier alpha value is -2.82. The van der Waals surface area contributed by atoms with Crippen molar-refractivity contribution in [2.45, 2.75) is 13.8 Å². The molecule has 1 aromatic carbocycles. The molecule has 5 heteroatoms. The van der Waals surface area contributed by atoms with Crippen LogP contribution in [0.1, 0.15) is 19.5 Å². The van der Waals surface area contributed by atoms with Crippen LogP contribution in [0.5, 0.6) is 5.75 Å². The molecule has 0 saturated carbocycles. The fraction of sp³-hybridized carbons (Fsp3) is 0.222. The van der Waals surface area contributed by atoms with E-state index in [1.165, 1.54) is 0 Å². The first-order valence-electron chi connectivity index (χ1n) is 7.56. The molecule has 0 atom stereocenters. The smallest absolute Gasteiger partial charge is 0.294 e. The highest BCUT2D eigenvalue weighted by molar-refractivity contribution is 6.09. The molecule has 5 nitrogen and oxygen atoms in total. The van der Waals surface area contributed by atoms with Gasteiger partial charge in [-0.25, -0.2) is 0 Å². The van der Waals surface area contributed by atoms with Crippen LogP contribution in [0.15, 0.2) is 48.4 Å². The molecule has 0 fully saturated rings. The number of nitrogens with two attached hydrogens (primary N) is 1. The Morgan fingerprint density at radius 1 is 1.30 bits per heavy atom. The van der Waals surface area contributed by atoms with Crippen molar-refractivity contribution in [3.63, 3.8) is 0 Å². The van der Waals surface area contributed by atoms with Gasteiger partial charge in [-0.2, -0.15) is 0 Å². The molecule has 1 aliphatic rings. The van der Waals surface area contributed by atoms with E-state index in [1.54, 1.807) is 29.3 Å². The average molecular weight is 309 g/mol. The monoisotopic (exact) mass is 309 g/mol. The number of fused-ring (bicyclic) bond motifs is 1. The first kappa shape index (κ1) is 15.1. The number of benzene rings is 1. The highest BCUT2D eigenvalue weighted by Gasteiger charge is 2.30. The molecule has 2 aromatic rings. The summed E-state index contributed by atoms with van der Waals surface area (Å²) in [6.45, 7) is 4.75. The van der Waals surface area contributed by atoms with Crippen LogP contribution in [0.4, 0.5) is 11.4 Å². The molecule has 1 aliphatic heterocycles. The molecule has 3 rings (SSSR count). The third kappa shape index (κ3) is 3.18. The number of pyridine rings is 1.